The molecule has 0 atom stereocenters. The second-order valence-corrected chi connectivity index (χ2v) is 4.19. The van der Waals surface area contributed by atoms with E-state index in [1.807, 2.05) is 5.32 Å². The minimum absolute atomic E-state index is 0.251. The number of halogens is 2. The summed E-state index contributed by atoms with van der Waals surface area (Å²) in [5.41, 5.74) is 0.343. The monoisotopic (exact) mass is 300 g/mol. The van der Waals surface area contributed by atoms with E-state index < -0.39 is 11.9 Å². The molecule has 0 bridgehead atoms. The van der Waals surface area contributed by atoms with Crippen LogP contribution in [0.3, 0.4) is 0 Å². The van der Waals surface area contributed by atoms with Crippen LogP contribution in [-0.4, -0.2) is 22.1 Å². The number of amides is 3. The second kappa shape index (κ2) is 5.68. The summed E-state index contributed by atoms with van der Waals surface area (Å²) in [7, 11) is 0. The third kappa shape index (κ3) is 3.67. The van der Waals surface area contributed by atoms with E-state index in [4.69, 9.17) is 23.2 Å². The Balaban J connectivity index is 1.99. The fraction of sp³-hybridized carbons (Fsp3) is 0. The first-order valence-corrected chi connectivity index (χ1v) is 5.65. The minimum Gasteiger partial charge on any atom is -0.342 e. The average Bonchev–Trinajstić information content (AvgIpc) is 2.80. The van der Waals surface area contributed by atoms with Gasteiger partial charge in [0.15, 0.2) is 0 Å². The molecule has 7 nitrogen and oxygen atoms in total. The Morgan fingerprint density at radius 3 is 2.42 bits per heavy atom. The molecule has 1 aromatic heterocycles. The minimum atomic E-state index is -0.792. The van der Waals surface area contributed by atoms with E-state index in [0.29, 0.717) is 15.7 Å². The van der Waals surface area contributed by atoms with Crippen molar-refractivity contribution in [2.45, 2.75) is 0 Å². The van der Waals surface area contributed by atoms with Crippen LogP contribution < -0.4 is 10.6 Å². The Hall–Kier alpha value is -2.12. The van der Waals surface area contributed by atoms with Crippen molar-refractivity contribution in [3.63, 3.8) is 0 Å². The van der Waals surface area contributed by atoms with Crippen LogP contribution in [0.5, 0.6) is 0 Å². The molecule has 1 aromatic carbocycles. The van der Waals surface area contributed by atoms with Crippen LogP contribution in [-0.2, 0) is 0 Å². The molecule has 0 aliphatic heterocycles. The lowest BCUT2D eigenvalue weighted by atomic mass is 10.3. The topological polar surface area (TPSA) is 97.1 Å². The van der Waals surface area contributed by atoms with Crippen LogP contribution in [0.2, 0.25) is 10.0 Å². The van der Waals surface area contributed by atoms with Crippen molar-refractivity contribution in [2.75, 3.05) is 5.32 Å². The van der Waals surface area contributed by atoms with Gasteiger partial charge in [-0.25, -0.2) is 4.79 Å². The highest BCUT2D eigenvalue weighted by Gasteiger charge is 2.14. The summed E-state index contributed by atoms with van der Waals surface area (Å²) in [6.07, 6.45) is 0.976. The SMILES string of the molecule is O=C(NC(=O)c1ncon1)Nc1cc(Cl)cc(Cl)c1. The van der Waals surface area contributed by atoms with Gasteiger partial charge in [-0.3, -0.25) is 10.1 Å². The molecule has 0 saturated carbocycles. The van der Waals surface area contributed by atoms with Crippen LogP contribution in [0.25, 0.3) is 0 Å². The largest absolute Gasteiger partial charge is 0.342 e. The first kappa shape index (κ1) is 13.3. The third-order valence-electron chi connectivity index (χ3n) is 1.91. The highest BCUT2D eigenvalue weighted by atomic mass is 35.5. The van der Waals surface area contributed by atoms with Gasteiger partial charge in [-0.1, -0.05) is 28.4 Å². The van der Waals surface area contributed by atoms with Crippen molar-refractivity contribution in [1.29, 1.82) is 0 Å². The zero-order chi connectivity index (χ0) is 13.8. The highest BCUT2D eigenvalue weighted by molar-refractivity contribution is 6.35. The number of hydrogen-bond acceptors (Lipinski definition) is 5. The van der Waals surface area contributed by atoms with Crippen molar-refractivity contribution in [1.82, 2.24) is 15.5 Å². The highest BCUT2D eigenvalue weighted by Crippen LogP contribution is 2.22. The lowest BCUT2D eigenvalue weighted by Gasteiger charge is -2.06. The molecule has 0 fully saturated rings. The smallest absolute Gasteiger partial charge is 0.326 e. The molecular weight excluding hydrogens is 295 g/mol. The van der Waals surface area contributed by atoms with E-state index in [1.54, 1.807) is 0 Å². The standard InChI is InChI=1S/C10H6Cl2N4O3/c11-5-1-6(12)3-7(2-5)14-10(18)15-9(17)8-13-4-19-16-8/h1-4H,(H2,14,15,17,18). The molecule has 98 valence electrons. The zero-order valence-electron chi connectivity index (χ0n) is 9.18. The predicted octanol–water partition coefficient (Wildman–Crippen LogP) is 2.34. The van der Waals surface area contributed by atoms with Crippen molar-refractivity contribution in [2.24, 2.45) is 0 Å². The number of benzene rings is 1. The summed E-state index contributed by atoms with van der Waals surface area (Å²) in [5, 5.41) is 8.39. The molecule has 0 aliphatic rings. The van der Waals surface area contributed by atoms with E-state index >= 15 is 0 Å². The normalized spacial score (nSPS) is 10.0. The molecule has 9 heteroatoms. The van der Waals surface area contributed by atoms with Crippen LogP contribution in [0, 0.1) is 0 Å². The lowest BCUT2D eigenvalue weighted by molar-refractivity contribution is 0.0954. The van der Waals surface area contributed by atoms with Gasteiger partial charge in [0.1, 0.15) is 0 Å². The Morgan fingerprint density at radius 1 is 1.16 bits per heavy atom. The van der Waals surface area contributed by atoms with Crippen molar-refractivity contribution < 1.29 is 14.1 Å². The van der Waals surface area contributed by atoms with Gasteiger partial charge in [-0.15, -0.1) is 0 Å². The maximum atomic E-state index is 11.5. The molecule has 0 spiro atoms. The molecule has 0 unspecified atom stereocenters. The summed E-state index contributed by atoms with van der Waals surface area (Å²) >= 11 is 11.5. The van der Waals surface area contributed by atoms with E-state index in [0.717, 1.165) is 6.39 Å². The van der Waals surface area contributed by atoms with E-state index in [1.165, 1.54) is 18.2 Å². The summed E-state index contributed by atoms with van der Waals surface area (Å²) < 4.78 is 4.38. The molecule has 0 radical (unpaired) electrons. The summed E-state index contributed by atoms with van der Waals surface area (Å²) in [4.78, 5) is 26.4. The number of carbonyl (C=O) groups is 2. The Bertz CT molecular complexity index is 595. The van der Waals surface area contributed by atoms with Gasteiger partial charge in [0.05, 0.1) is 0 Å². The van der Waals surface area contributed by atoms with E-state index in [-0.39, 0.29) is 5.82 Å². The third-order valence-corrected chi connectivity index (χ3v) is 2.35. The predicted molar refractivity (Wildman–Crippen MR) is 67.2 cm³/mol. The van der Waals surface area contributed by atoms with E-state index in [9.17, 15) is 9.59 Å². The number of imide groups is 1. The van der Waals surface area contributed by atoms with Gasteiger partial charge in [0.25, 0.3) is 5.82 Å². The van der Waals surface area contributed by atoms with E-state index in [2.05, 4.69) is 20.0 Å². The molecule has 0 saturated heterocycles. The molecule has 2 aromatic rings. The van der Waals surface area contributed by atoms with Crippen LogP contribution in [0.4, 0.5) is 10.5 Å². The number of aromatic nitrogens is 2. The van der Waals surface area contributed by atoms with Gasteiger partial charge in [0.2, 0.25) is 6.39 Å². The Morgan fingerprint density at radius 2 is 1.84 bits per heavy atom. The summed E-state index contributed by atoms with van der Waals surface area (Å²) in [6, 6.07) is 3.70. The number of carbonyl (C=O) groups excluding carboxylic acids is 2. The lowest BCUT2D eigenvalue weighted by Crippen LogP contribution is -2.34. The number of rotatable bonds is 2. The second-order valence-electron chi connectivity index (χ2n) is 3.32. The molecule has 0 aliphatic carbocycles. The molecule has 2 N–H and O–H groups in total. The maximum absolute atomic E-state index is 11.5. The van der Waals surface area contributed by atoms with Gasteiger partial charge in [-0.05, 0) is 18.2 Å². The molecule has 2 rings (SSSR count). The number of nitrogens with zero attached hydrogens (tertiary/aromatic N) is 2. The van der Waals surface area contributed by atoms with Crippen molar-refractivity contribution in [3.05, 3.63) is 40.5 Å². The summed E-state index contributed by atoms with van der Waals surface area (Å²) in [6.45, 7) is 0. The maximum Gasteiger partial charge on any atom is 0.326 e. The number of urea groups is 1. The molecular formula is C10H6Cl2N4O3. The molecule has 19 heavy (non-hydrogen) atoms. The molecule has 3 amide bonds. The van der Waals surface area contributed by atoms with Crippen molar-refractivity contribution >= 4 is 40.8 Å². The number of nitrogens with one attached hydrogen (secondary N) is 2. The van der Waals surface area contributed by atoms with Gasteiger partial charge >= 0.3 is 11.9 Å². The number of hydrogen-bond donors (Lipinski definition) is 2. The van der Waals surface area contributed by atoms with Gasteiger partial charge < -0.3 is 9.84 Å². The first-order chi connectivity index (χ1) is 9.04. The van der Waals surface area contributed by atoms with Gasteiger partial charge in [-0.2, -0.15) is 4.98 Å². The van der Waals surface area contributed by atoms with Crippen LogP contribution >= 0.6 is 23.2 Å². The van der Waals surface area contributed by atoms with Crippen LogP contribution in [0.15, 0.2) is 29.1 Å². The van der Waals surface area contributed by atoms with Gasteiger partial charge in [0, 0.05) is 15.7 Å². The zero-order valence-corrected chi connectivity index (χ0v) is 10.7. The fourth-order valence-corrected chi connectivity index (χ4v) is 1.74. The quantitative estimate of drug-likeness (QED) is 0.887. The van der Waals surface area contributed by atoms with Crippen molar-refractivity contribution in [3.8, 4) is 0 Å². The average molecular weight is 301 g/mol. The number of anilines is 1. The van der Waals surface area contributed by atoms with Crippen LogP contribution in [0.1, 0.15) is 10.6 Å². The molecule has 1 heterocycles. The fourth-order valence-electron chi connectivity index (χ4n) is 1.22. The Kier molecular flexibility index (Phi) is 3.98. The Labute approximate surface area is 116 Å². The summed E-state index contributed by atoms with van der Waals surface area (Å²) in [5.74, 6) is -1.04. The first-order valence-electron chi connectivity index (χ1n) is 4.89.